The number of benzene rings is 2. The number of ether oxygens (including phenoxy) is 2. The van der Waals surface area contributed by atoms with Crippen LogP contribution in [0.15, 0.2) is 48.5 Å². The number of carboxylic acid groups (broad SMARTS) is 1. The predicted molar refractivity (Wildman–Crippen MR) is 376 cm³/mol. The van der Waals surface area contributed by atoms with Crippen molar-refractivity contribution in [3.63, 3.8) is 0 Å². The summed E-state index contributed by atoms with van der Waals surface area (Å²) in [5.41, 5.74) is 5.28. The fraction of sp³-hybridized carbons (Fsp3) is 0.708. The van der Waals surface area contributed by atoms with E-state index in [1.54, 1.807) is 10.6 Å². The van der Waals surface area contributed by atoms with E-state index in [2.05, 4.69) is 178 Å². The molecule has 0 amide bonds. The minimum atomic E-state index is -2.01. The van der Waals surface area contributed by atoms with E-state index in [0.29, 0.717) is 35.2 Å². The van der Waals surface area contributed by atoms with E-state index < -0.39 is 46.7 Å². The molecule has 0 aliphatic carbocycles. The van der Waals surface area contributed by atoms with Crippen molar-refractivity contribution in [1.29, 1.82) is 0 Å². The summed E-state index contributed by atoms with van der Waals surface area (Å²) in [5.74, 6) is 1.74. The normalized spacial score (nSPS) is 14.8. The fourth-order valence-electron chi connectivity index (χ4n) is 12.3. The number of nitrogens with one attached hydrogen (secondary N) is 4. The summed E-state index contributed by atoms with van der Waals surface area (Å²) >= 11 is -3.87. The van der Waals surface area contributed by atoms with Crippen LogP contribution in [0.25, 0.3) is 11.3 Å². The molecule has 6 rings (SSSR count). The van der Waals surface area contributed by atoms with Gasteiger partial charge in [0.15, 0.2) is 52.0 Å². The van der Waals surface area contributed by atoms with Crippen LogP contribution < -0.4 is 27.3 Å². The Morgan fingerprint density at radius 3 is 1.22 bits per heavy atom. The maximum atomic E-state index is 13.5. The van der Waals surface area contributed by atoms with Gasteiger partial charge in [-0.3, -0.25) is 10.2 Å². The molecule has 18 nitrogen and oxygen atoms in total. The zero-order chi connectivity index (χ0) is 68.4. The summed E-state index contributed by atoms with van der Waals surface area (Å²) < 4.78 is 61.2. The molecular formula is C72H120N10O8S2. The van der Waals surface area contributed by atoms with Crippen molar-refractivity contribution in [2.75, 3.05) is 0 Å². The minimum absolute atomic E-state index is 0.0235. The second-order valence-corrected chi connectivity index (χ2v) is 33.4. The maximum Gasteiger partial charge on any atom is 0.344 e. The van der Waals surface area contributed by atoms with Gasteiger partial charge in [0.05, 0.1) is 18.2 Å². The van der Waals surface area contributed by atoms with Gasteiger partial charge in [0.25, 0.3) is 22.5 Å². The van der Waals surface area contributed by atoms with Crippen molar-refractivity contribution in [2.24, 2.45) is 10.8 Å². The van der Waals surface area contributed by atoms with Crippen molar-refractivity contribution in [1.82, 2.24) is 49.1 Å². The molecule has 4 aromatic heterocycles. The number of aromatic nitrogens is 8. The summed E-state index contributed by atoms with van der Waals surface area (Å²) in [6, 6.07) is 14.7. The molecule has 6 atom stereocenters. The highest BCUT2D eigenvalue weighted by Gasteiger charge is 2.32. The van der Waals surface area contributed by atoms with E-state index in [1.807, 2.05) is 54.8 Å². The highest BCUT2D eigenvalue weighted by molar-refractivity contribution is 7.78. The lowest BCUT2D eigenvalue weighted by Gasteiger charge is -2.33. The Morgan fingerprint density at radius 2 is 0.859 bits per heavy atom. The molecule has 0 aliphatic heterocycles. The molecule has 4 heterocycles. The van der Waals surface area contributed by atoms with Crippen LogP contribution in [0.4, 0.5) is 0 Å². The van der Waals surface area contributed by atoms with Gasteiger partial charge in [-0.05, 0) is 116 Å². The van der Waals surface area contributed by atoms with E-state index in [9.17, 15) is 18.3 Å². The topological polar surface area (TPSA) is 224 Å². The van der Waals surface area contributed by atoms with Crippen molar-refractivity contribution in [3.8, 4) is 23.0 Å². The van der Waals surface area contributed by atoms with Crippen LogP contribution in [0.5, 0.6) is 23.0 Å². The number of nitrogens with zero attached hydrogens (tertiary/aromatic N) is 6. The van der Waals surface area contributed by atoms with Crippen LogP contribution in [0, 0.1) is 10.8 Å². The molecule has 6 aromatic rings. The molecule has 0 fully saturated rings. The molecule has 6 unspecified atom stereocenters. The molecule has 0 radical (unpaired) electrons. The highest BCUT2D eigenvalue weighted by atomic mass is 32.2. The predicted octanol–water partition coefficient (Wildman–Crippen LogP) is 18.4. The third kappa shape index (κ3) is 24.8. The van der Waals surface area contributed by atoms with Gasteiger partial charge < -0.3 is 22.9 Å². The van der Waals surface area contributed by atoms with Gasteiger partial charge >= 0.3 is 5.97 Å². The van der Waals surface area contributed by atoms with Gasteiger partial charge in [-0.25, -0.2) is 13.8 Å². The number of aromatic amines is 2. The number of carbonyl (C=O) groups is 1. The summed E-state index contributed by atoms with van der Waals surface area (Å²) in [6.07, 6.45) is 21.4. The molecule has 0 saturated heterocycles. The average molecular weight is 1320 g/mol. The van der Waals surface area contributed by atoms with Gasteiger partial charge in [0.1, 0.15) is 0 Å². The lowest BCUT2D eigenvalue weighted by molar-refractivity contribution is -0.145. The Morgan fingerprint density at radius 1 is 0.500 bits per heavy atom. The van der Waals surface area contributed by atoms with Crippen LogP contribution >= 0.6 is 0 Å². The van der Waals surface area contributed by atoms with Crippen molar-refractivity contribution < 1.29 is 36.2 Å². The molecule has 0 aliphatic rings. The first-order valence-corrected chi connectivity index (χ1v) is 36.5. The zero-order valence-corrected chi connectivity index (χ0v) is 62.0. The molecule has 5 N–H and O–H groups in total. The number of fused-ring (bicyclic) bond motifs is 2. The summed E-state index contributed by atoms with van der Waals surface area (Å²) in [7, 11) is 0. The standard InChI is InChI=1S/C36H59N5O5S.C36H61N5O3S/c1-11-12-13-14-15-16-17-18-19-28(33(42)43)45-27-21-20-26(36(9,10)24-34(3,4)5)22-29(27)46-47(44)40-25(2)32-38-37-31-23-30(35(6,7)8)39-41(31)32;1-12-13-14-15-16-17-18-19-20-26(2)43-29-22-21-28(36(10,11)25-34(4,5)6)23-30(29)44-45(42)40-27(3)33-38-37-32-24-31(35(7,8)9)39-41(32)33/h20-23,25,28,39-40H,11-19,24H2,1-10H3,(H,42,43);21-24,26-27,39-40H,12-20,25H2,1-11H3. The Hall–Kier alpha value is -5.31. The van der Waals surface area contributed by atoms with Crippen molar-refractivity contribution in [2.45, 2.75) is 320 Å². The van der Waals surface area contributed by atoms with E-state index in [1.165, 1.54) is 77.0 Å². The smallest absolute Gasteiger partial charge is 0.344 e. The number of hydrogen-bond donors (Lipinski definition) is 5. The second kappa shape index (κ2) is 34.4. The first-order valence-electron chi connectivity index (χ1n) is 34.4. The average Bonchev–Trinajstić information content (AvgIpc) is 1.58. The number of carboxylic acids is 1. The van der Waals surface area contributed by atoms with Gasteiger partial charge in [0.2, 0.25) is 0 Å². The molecule has 0 saturated carbocycles. The number of hydrogen-bond acceptors (Lipinski definition) is 11. The Balaban J connectivity index is 0.000000334. The van der Waals surface area contributed by atoms with Crippen LogP contribution in [0.2, 0.25) is 0 Å². The maximum absolute atomic E-state index is 13.5. The molecule has 0 spiro atoms. The largest absolute Gasteiger partial charge is 0.487 e. The molecular weight excluding hydrogens is 1200 g/mol. The SMILES string of the molecule is CCCCCCCCCCC(C)Oc1ccc(C(C)(C)CC(C)(C)C)cc1OS(=O)NC(C)c1nnc2cc(C(C)(C)C)[nH]n12.CCCCCCCCCCC(Oc1ccc(C(C)(C)CC(C)(C)C)cc1OS(=O)NC(C)c1nnc2cc(C(C)(C)C)[nH]n12)C(=O)O. The number of aliphatic carboxylic acids is 1. The molecule has 0 bridgehead atoms. The van der Waals surface area contributed by atoms with Crippen LogP contribution in [0.1, 0.15) is 320 Å². The van der Waals surface area contributed by atoms with Gasteiger partial charge in [-0.15, -0.1) is 20.4 Å². The van der Waals surface area contributed by atoms with E-state index in [4.69, 9.17) is 17.8 Å². The highest BCUT2D eigenvalue weighted by Crippen LogP contribution is 2.43. The molecule has 518 valence electrons. The quantitative estimate of drug-likeness (QED) is 0.0230. The summed E-state index contributed by atoms with van der Waals surface area (Å²) in [6.45, 7) is 45.2. The van der Waals surface area contributed by atoms with E-state index in [-0.39, 0.29) is 50.1 Å². The first kappa shape index (κ1) is 77.4. The van der Waals surface area contributed by atoms with Gasteiger partial charge in [-0.2, -0.15) is 17.9 Å². The molecule has 92 heavy (non-hydrogen) atoms. The molecule has 20 heteroatoms. The number of rotatable bonds is 37. The van der Waals surface area contributed by atoms with Crippen LogP contribution in [-0.2, 0) is 49.0 Å². The zero-order valence-electron chi connectivity index (χ0n) is 60.4. The summed E-state index contributed by atoms with van der Waals surface area (Å²) in [5, 5.41) is 34.0. The minimum Gasteiger partial charge on any atom is -0.487 e. The fourth-order valence-corrected chi connectivity index (χ4v) is 13.7. The first-order chi connectivity index (χ1) is 42.9. The molecule has 2 aromatic carbocycles. The Bertz CT molecular complexity index is 3260. The number of unbranched alkanes of at least 4 members (excludes halogenated alkanes) is 14. The van der Waals surface area contributed by atoms with Crippen LogP contribution in [-0.4, -0.2) is 71.3 Å². The van der Waals surface area contributed by atoms with Crippen molar-refractivity contribution >= 4 is 39.8 Å². The summed E-state index contributed by atoms with van der Waals surface area (Å²) in [4.78, 5) is 12.2. The van der Waals surface area contributed by atoms with Gasteiger partial charge in [-0.1, -0.05) is 227 Å². The van der Waals surface area contributed by atoms with Gasteiger partial charge in [0, 0.05) is 34.4 Å². The Kier molecular flexibility index (Phi) is 28.9. The Labute approximate surface area is 558 Å². The van der Waals surface area contributed by atoms with Crippen LogP contribution in [0.3, 0.4) is 0 Å². The lowest BCUT2D eigenvalue weighted by Crippen LogP contribution is -2.29. The number of H-pyrrole nitrogens is 2. The lowest BCUT2D eigenvalue weighted by atomic mass is 9.72. The monoisotopic (exact) mass is 1320 g/mol. The second-order valence-electron chi connectivity index (χ2n) is 31.6. The van der Waals surface area contributed by atoms with E-state index in [0.717, 1.165) is 73.1 Å². The third-order valence-electron chi connectivity index (χ3n) is 16.8. The third-order valence-corrected chi connectivity index (χ3v) is 18.5. The van der Waals surface area contributed by atoms with E-state index >= 15 is 0 Å². The van der Waals surface area contributed by atoms with Crippen molar-refractivity contribution in [3.05, 3.63) is 82.7 Å².